The summed E-state index contributed by atoms with van der Waals surface area (Å²) in [5.74, 6) is 1.61. The van der Waals surface area contributed by atoms with Crippen molar-refractivity contribution in [2.24, 2.45) is 0 Å². The highest BCUT2D eigenvalue weighted by atomic mass is 35.5. The first-order valence-corrected chi connectivity index (χ1v) is 8.12. The number of ether oxygens (including phenoxy) is 1. The minimum Gasteiger partial charge on any atom is -0.494 e. The molecule has 1 fully saturated rings. The fourth-order valence-electron chi connectivity index (χ4n) is 2.13. The maximum atomic E-state index is 12.1. The Hall–Kier alpha value is -0.910. The third-order valence-electron chi connectivity index (χ3n) is 3.19. The van der Waals surface area contributed by atoms with Gasteiger partial charge in [-0.1, -0.05) is 0 Å². The lowest BCUT2D eigenvalue weighted by Crippen LogP contribution is -2.35. The van der Waals surface area contributed by atoms with Crippen molar-refractivity contribution in [2.45, 2.75) is 18.2 Å². The van der Waals surface area contributed by atoms with Gasteiger partial charge in [0.05, 0.1) is 12.4 Å². The van der Waals surface area contributed by atoms with E-state index < -0.39 is 0 Å². The molecule has 1 aliphatic rings. The summed E-state index contributed by atoms with van der Waals surface area (Å²) in [5, 5.41) is 3.31. The van der Waals surface area contributed by atoms with Gasteiger partial charge in [0.15, 0.2) is 0 Å². The molecule has 1 aromatic carbocycles. The number of carbonyl (C=O) groups is 1. The first-order chi connectivity index (χ1) is 9.79. The van der Waals surface area contributed by atoms with Crippen LogP contribution in [0.25, 0.3) is 0 Å². The van der Waals surface area contributed by atoms with Gasteiger partial charge in [-0.3, -0.25) is 4.79 Å². The van der Waals surface area contributed by atoms with Gasteiger partial charge in [0.2, 0.25) is 5.91 Å². The van der Waals surface area contributed by atoms with Crippen LogP contribution in [0.2, 0.25) is 0 Å². The van der Waals surface area contributed by atoms with Crippen LogP contribution in [0.1, 0.15) is 13.3 Å². The normalized spacial score (nSPS) is 15.0. The Bertz CT molecular complexity index is 420. The summed E-state index contributed by atoms with van der Waals surface area (Å²) in [4.78, 5) is 15.2. The minimum atomic E-state index is 0. The van der Waals surface area contributed by atoms with Crippen molar-refractivity contribution in [3.05, 3.63) is 24.3 Å². The number of hydrogen-bond donors (Lipinski definition) is 1. The van der Waals surface area contributed by atoms with E-state index in [1.807, 2.05) is 36.1 Å². The van der Waals surface area contributed by atoms with Crippen molar-refractivity contribution >= 4 is 30.1 Å². The van der Waals surface area contributed by atoms with Gasteiger partial charge < -0.3 is 15.0 Å². The van der Waals surface area contributed by atoms with E-state index in [0.717, 1.165) is 43.2 Å². The zero-order chi connectivity index (χ0) is 14.2. The first-order valence-electron chi connectivity index (χ1n) is 7.13. The molecule has 4 nitrogen and oxygen atoms in total. The lowest BCUT2D eigenvalue weighted by Gasteiger charge is -2.19. The summed E-state index contributed by atoms with van der Waals surface area (Å²) in [6, 6.07) is 7.91. The lowest BCUT2D eigenvalue weighted by atomic mass is 10.3. The molecule has 6 heteroatoms. The average molecular weight is 331 g/mol. The summed E-state index contributed by atoms with van der Waals surface area (Å²) in [7, 11) is 0. The Kier molecular flexibility index (Phi) is 8.57. The molecule has 0 spiro atoms. The van der Waals surface area contributed by atoms with Gasteiger partial charge >= 0.3 is 0 Å². The zero-order valence-corrected chi connectivity index (χ0v) is 14.0. The molecular weight excluding hydrogens is 308 g/mol. The number of amides is 1. The Morgan fingerprint density at radius 3 is 2.76 bits per heavy atom. The van der Waals surface area contributed by atoms with E-state index in [9.17, 15) is 4.79 Å². The second-order valence-corrected chi connectivity index (χ2v) is 5.73. The lowest BCUT2D eigenvalue weighted by molar-refractivity contribution is -0.128. The Balaban J connectivity index is 0.00000220. The van der Waals surface area contributed by atoms with Crippen molar-refractivity contribution < 1.29 is 9.53 Å². The predicted molar refractivity (Wildman–Crippen MR) is 89.6 cm³/mol. The van der Waals surface area contributed by atoms with Crippen molar-refractivity contribution in [1.82, 2.24) is 10.2 Å². The summed E-state index contributed by atoms with van der Waals surface area (Å²) in [5.41, 5.74) is 0. The number of carbonyl (C=O) groups excluding carboxylic acids is 1. The van der Waals surface area contributed by atoms with Crippen LogP contribution < -0.4 is 10.1 Å². The van der Waals surface area contributed by atoms with Gasteiger partial charge in [0.25, 0.3) is 0 Å². The van der Waals surface area contributed by atoms with Crippen LogP contribution in [0.15, 0.2) is 29.2 Å². The highest BCUT2D eigenvalue weighted by Crippen LogP contribution is 2.21. The van der Waals surface area contributed by atoms with Gasteiger partial charge in [-0.15, -0.1) is 24.2 Å². The molecule has 0 atom stereocenters. The predicted octanol–water partition coefficient (Wildman–Crippen LogP) is 2.42. The van der Waals surface area contributed by atoms with Crippen LogP contribution in [-0.2, 0) is 4.79 Å². The number of thioether (sulfide) groups is 1. The molecule has 0 radical (unpaired) electrons. The third kappa shape index (κ3) is 6.16. The standard InChI is InChI=1S/C15H22N2O2S.ClH/c1-2-19-13-4-6-14(7-5-13)20-12-15(18)17-10-3-8-16-9-11-17;/h4-7,16H,2-3,8-12H2,1H3;1H. The van der Waals surface area contributed by atoms with Crippen LogP contribution in [0.4, 0.5) is 0 Å². The molecule has 21 heavy (non-hydrogen) atoms. The molecule has 0 aromatic heterocycles. The average Bonchev–Trinajstić information content (AvgIpc) is 2.76. The highest BCUT2D eigenvalue weighted by molar-refractivity contribution is 8.00. The molecular formula is C15H23ClN2O2S. The largest absolute Gasteiger partial charge is 0.494 e. The minimum absolute atomic E-state index is 0. The fourth-order valence-corrected chi connectivity index (χ4v) is 2.93. The molecule has 0 aliphatic carbocycles. The zero-order valence-electron chi connectivity index (χ0n) is 12.3. The van der Waals surface area contributed by atoms with Crippen LogP contribution in [0.3, 0.4) is 0 Å². The van der Waals surface area contributed by atoms with Gasteiger partial charge in [0.1, 0.15) is 5.75 Å². The van der Waals surface area contributed by atoms with Gasteiger partial charge in [0, 0.05) is 24.5 Å². The Morgan fingerprint density at radius 2 is 2.05 bits per heavy atom. The number of halogens is 1. The summed E-state index contributed by atoms with van der Waals surface area (Å²) in [6.45, 7) is 6.25. The smallest absolute Gasteiger partial charge is 0.232 e. The van der Waals surface area contributed by atoms with E-state index in [0.29, 0.717) is 12.4 Å². The van der Waals surface area contributed by atoms with Crippen LogP contribution >= 0.6 is 24.2 Å². The number of nitrogens with zero attached hydrogens (tertiary/aromatic N) is 1. The summed E-state index contributed by atoms with van der Waals surface area (Å²) >= 11 is 1.59. The summed E-state index contributed by atoms with van der Waals surface area (Å²) in [6.07, 6.45) is 1.04. The summed E-state index contributed by atoms with van der Waals surface area (Å²) < 4.78 is 5.40. The van der Waals surface area contributed by atoms with Crippen molar-refractivity contribution in [3.8, 4) is 5.75 Å². The quantitative estimate of drug-likeness (QED) is 0.842. The van der Waals surface area contributed by atoms with Crippen molar-refractivity contribution in [2.75, 3.05) is 38.5 Å². The molecule has 1 saturated heterocycles. The molecule has 0 bridgehead atoms. The van der Waals surface area contributed by atoms with E-state index in [4.69, 9.17) is 4.74 Å². The molecule has 0 unspecified atom stereocenters. The molecule has 1 amide bonds. The van der Waals surface area contributed by atoms with Crippen molar-refractivity contribution in [3.63, 3.8) is 0 Å². The molecule has 2 rings (SSSR count). The maximum absolute atomic E-state index is 12.1. The second kappa shape index (κ2) is 9.92. The number of benzene rings is 1. The number of rotatable bonds is 5. The molecule has 1 aromatic rings. The van der Waals surface area contributed by atoms with E-state index in [-0.39, 0.29) is 18.3 Å². The topological polar surface area (TPSA) is 41.6 Å². The SMILES string of the molecule is CCOc1ccc(SCC(=O)N2CCCNCC2)cc1.Cl. The van der Waals surface area contributed by atoms with Crippen molar-refractivity contribution in [1.29, 1.82) is 0 Å². The Morgan fingerprint density at radius 1 is 1.29 bits per heavy atom. The van der Waals surface area contributed by atoms with E-state index in [2.05, 4.69) is 5.32 Å². The molecule has 1 aliphatic heterocycles. The number of nitrogens with one attached hydrogen (secondary N) is 1. The highest BCUT2D eigenvalue weighted by Gasteiger charge is 2.15. The van der Waals surface area contributed by atoms with Crippen LogP contribution in [0.5, 0.6) is 5.75 Å². The van der Waals surface area contributed by atoms with Gasteiger partial charge in [-0.2, -0.15) is 0 Å². The molecule has 1 heterocycles. The first kappa shape index (κ1) is 18.1. The van der Waals surface area contributed by atoms with Crippen LogP contribution in [0, 0.1) is 0 Å². The molecule has 0 saturated carbocycles. The maximum Gasteiger partial charge on any atom is 0.232 e. The van der Waals surface area contributed by atoms with E-state index in [1.54, 1.807) is 11.8 Å². The third-order valence-corrected chi connectivity index (χ3v) is 4.19. The Labute approximate surface area is 137 Å². The number of hydrogen-bond acceptors (Lipinski definition) is 4. The fraction of sp³-hybridized carbons (Fsp3) is 0.533. The van der Waals surface area contributed by atoms with Gasteiger partial charge in [-0.25, -0.2) is 0 Å². The van der Waals surface area contributed by atoms with E-state index >= 15 is 0 Å². The monoisotopic (exact) mass is 330 g/mol. The molecule has 118 valence electrons. The van der Waals surface area contributed by atoms with E-state index in [1.165, 1.54) is 0 Å². The van der Waals surface area contributed by atoms with Gasteiger partial charge in [-0.05, 0) is 44.2 Å². The molecule has 1 N–H and O–H groups in total. The van der Waals surface area contributed by atoms with Crippen LogP contribution in [-0.4, -0.2) is 49.3 Å². The second-order valence-electron chi connectivity index (χ2n) is 4.68.